The highest BCUT2D eigenvalue weighted by molar-refractivity contribution is 7.98. The van der Waals surface area contributed by atoms with Gasteiger partial charge in [-0.25, -0.2) is 4.68 Å². The molecule has 27 heavy (non-hydrogen) atoms. The highest BCUT2D eigenvalue weighted by atomic mass is 32.2. The Hall–Kier alpha value is -3.13. The molecule has 2 heterocycles. The maximum atomic E-state index is 12.8. The number of nitro benzene ring substituents is 1. The summed E-state index contributed by atoms with van der Waals surface area (Å²) in [4.78, 5) is 23.2. The first-order chi connectivity index (χ1) is 13.0. The number of hydrogen-bond donors (Lipinski definition) is 1. The van der Waals surface area contributed by atoms with Gasteiger partial charge in [-0.2, -0.15) is 16.9 Å². The lowest BCUT2D eigenvalue weighted by Gasteiger charge is -2.13. The van der Waals surface area contributed by atoms with Gasteiger partial charge in [-0.3, -0.25) is 14.9 Å². The standard InChI is InChI=1S/C19H16N4O3S/c1-12-5-2-3-8-17(12)22-18(15-10-27-11-16(15)21-22)20-19(24)13-6-4-7-14(9-13)23(25)26/h2-9H,10-11H2,1H3,(H,20,24). The van der Waals surface area contributed by atoms with Gasteiger partial charge in [-0.15, -0.1) is 0 Å². The summed E-state index contributed by atoms with van der Waals surface area (Å²) in [7, 11) is 0. The van der Waals surface area contributed by atoms with Crippen molar-refractivity contribution in [2.75, 3.05) is 5.32 Å². The molecule has 0 radical (unpaired) electrons. The summed E-state index contributed by atoms with van der Waals surface area (Å²) >= 11 is 1.74. The van der Waals surface area contributed by atoms with Gasteiger partial charge in [0.05, 0.1) is 16.3 Å². The molecule has 0 spiro atoms. The normalized spacial score (nSPS) is 12.6. The van der Waals surface area contributed by atoms with Crippen molar-refractivity contribution in [3.05, 3.63) is 81.0 Å². The summed E-state index contributed by atoms with van der Waals surface area (Å²) in [5.74, 6) is 1.80. The Balaban J connectivity index is 1.74. The molecule has 3 aromatic rings. The zero-order valence-corrected chi connectivity index (χ0v) is 15.3. The Morgan fingerprint density at radius 3 is 2.81 bits per heavy atom. The summed E-state index contributed by atoms with van der Waals surface area (Å²) in [5.41, 5.74) is 4.01. The zero-order chi connectivity index (χ0) is 19.0. The zero-order valence-electron chi connectivity index (χ0n) is 14.5. The first-order valence-corrected chi connectivity index (χ1v) is 9.50. The van der Waals surface area contributed by atoms with Crippen LogP contribution in [0.2, 0.25) is 0 Å². The van der Waals surface area contributed by atoms with Gasteiger partial charge < -0.3 is 5.32 Å². The second-order valence-corrected chi connectivity index (χ2v) is 7.21. The molecule has 0 saturated carbocycles. The lowest BCUT2D eigenvalue weighted by atomic mass is 10.2. The van der Waals surface area contributed by atoms with E-state index in [2.05, 4.69) is 10.4 Å². The second-order valence-electron chi connectivity index (χ2n) is 6.23. The average Bonchev–Trinajstić information content (AvgIpc) is 3.25. The molecule has 0 bridgehead atoms. The molecule has 2 aromatic carbocycles. The van der Waals surface area contributed by atoms with Crippen molar-refractivity contribution in [1.82, 2.24) is 9.78 Å². The number of amides is 1. The fraction of sp³-hybridized carbons (Fsp3) is 0.158. The SMILES string of the molecule is Cc1ccccc1-n1nc2c(c1NC(=O)c1cccc([N+](=O)[O-])c1)CSC2. The fourth-order valence-corrected chi connectivity index (χ4v) is 4.09. The van der Waals surface area contributed by atoms with Gasteiger partial charge >= 0.3 is 0 Å². The first-order valence-electron chi connectivity index (χ1n) is 8.35. The molecular weight excluding hydrogens is 364 g/mol. The molecule has 136 valence electrons. The largest absolute Gasteiger partial charge is 0.306 e. The maximum Gasteiger partial charge on any atom is 0.270 e. The lowest BCUT2D eigenvalue weighted by molar-refractivity contribution is -0.384. The van der Waals surface area contributed by atoms with E-state index >= 15 is 0 Å². The Kier molecular flexibility index (Phi) is 4.41. The summed E-state index contributed by atoms with van der Waals surface area (Å²) in [5, 5.41) is 18.6. The number of fused-ring (bicyclic) bond motifs is 1. The van der Waals surface area contributed by atoms with Crippen LogP contribution in [-0.2, 0) is 11.5 Å². The van der Waals surface area contributed by atoms with E-state index in [0.717, 1.165) is 34.0 Å². The van der Waals surface area contributed by atoms with Crippen LogP contribution >= 0.6 is 11.8 Å². The summed E-state index contributed by atoms with van der Waals surface area (Å²) in [6.07, 6.45) is 0. The molecule has 0 unspecified atom stereocenters. The van der Waals surface area contributed by atoms with Crippen molar-refractivity contribution in [3.8, 4) is 5.69 Å². The minimum Gasteiger partial charge on any atom is -0.306 e. The Morgan fingerprint density at radius 2 is 2.04 bits per heavy atom. The Morgan fingerprint density at radius 1 is 1.22 bits per heavy atom. The molecular formula is C19H16N4O3S. The number of hydrogen-bond acceptors (Lipinski definition) is 5. The number of nitro groups is 1. The van der Waals surface area contributed by atoms with E-state index in [0.29, 0.717) is 5.82 Å². The number of anilines is 1. The van der Waals surface area contributed by atoms with Gasteiger partial charge in [0.25, 0.3) is 11.6 Å². The van der Waals surface area contributed by atoms with Crippen LogP contribution in [0.4, 0.5) is 11.5 Å². The summed E-state index contributed by atoms with van der Waals surface area (Å²) in [6.45, 7) is 1.99. The molecule has 7 nitrogen and oxygen atoms in total. The topological polar surface area (TPSA) is 90.1 Å². The minimum absolute atomic E-state index is 0.115. The number of nitrogens with zero attached hydrogens (tertiary/aromatic N) is 3. The molecule has 0 atom stereocenters. The van der Waals surface area contributed by atoms with Crippen molar-refractivity contribution in [2.24, 2.45) is 0 Å². The number of aromatic nitrogens is 2. The van der Waals surface area contributed by atoms with Gasteiger partial charge in [0, 0.05) is 34.8 Å². The number of non-ortho nitro benzene ring substituents is 1. The van der Waals surface area contributed by atoms with Gasteiger partial charge in [-0.05, 0) is 24.6 Å². The van der Waals surface area contributed by atoms with E-state index in [4.69, 9.17) is 0 Å². The number of carbonyl (C=O) groups excluding carboxylic acids is 1. The van der Waals surface area contributed by atoms with E-state index in [-0.39, 0.29) is 11.3 Å². The third-order valence-corrected chi connectivity index (χ3v) is 5.42. The van der Waals surface area contributed by atoms with Gasteiger partial charge in [-0.1, -0.05) is 24.3 Å². The smallest absolute Gasteiger partial charge is 0.270 e. The first kappa shape index (κ1) is 17.3. The predicted molar refractivity (Wildman–Crippen MR) is 104 cm³/mol. The third kappa shape index (κ3) is 3.19. The molecule has 4 rings (SSSR count). The molecule has 1 aliphatic heterocycles. The molecule has 0 fully saturated rings. The van der Waals surface area contributed by atoms with Gasteiger partial charge in [0.15, 0.2) is 0 Å². The lowest BCUT2D eigenvalue weighted by Crippen LogP contribution is -2.16. The quantitative estimate of drug-likeness (QED) is 0.544. The number of aryl methyl sites for hydroxylation is 1. The number of carbonyl (C=O) groups is 1. The van der Waals surface area contributed by atoms with E-state index < -0.39 is 10.8 Å². The Bertz CT molecular complexity index is 1060. The second kappa shape index (κ2) is 6.88. The number of nitrogens with one attached hydrogen (secondary N) is 1. The minimum atomic E-state index is -0.511. The van der Waals surface area contributed by atoms with Crippen LogP contribution in [-0.4, -0.2) is 20.6 Å². The van der Waals surface area contributed by atoms with Crippen molar-refractivity contribution >= 4 is 29.2 Å². The molecule has 1 amide bonds. The van der Waals surface area contributed by atoms with Crippen LogP contribution in [0.5, 0.6) is 0 Å². The van der Waals surface area contributed by atoms with Crippen LogP contribution < -0.4 is 5.32 Å². The average molecular weight is 380 g/mol. The van der Waals surface area contributed by atoms with Crippen LogP contribution in [0.3, 0.4) is 0 Å². The summed E-state index contributed by atoms with van der Waals surface area (Å²) < 4.78 is 1.76. The predicted octanol–water partition coefficient (Wildman–Crippen LogP) is 4.09. The van der Waals surface area contributed by atoms with E-state index in [1.165, 1.54) is 18.2 Å². The summed E-state index contributed by atoms with van der Waals surface area (Å²) in [6, 6.07) is 13.5. The van der Waals surface area contributed by atoms with Crippen LogP contribution in [0.15, 0.2) is 48.5 Å². The van der Waals surface area contributed by atoms with E-state index in [9.17, 15) is 14.9 Å². The number of rotatable bonds is 4. The monoisotopic (exact) mass is 380 g/mol. The molecule has 1 N–H and O–H groups in total. The maximum absolute atomic E-state index is 12.8. The van der Waals surface area contributed by atoms with E-state index in [1.807, 2.05) is 31.2 Å². The molecule has 1 aromatic heterocycles. The highest BCUT2D eigenvalue weighted by Crippen LogP contribution is 2.36. The fourth-order valence-electron chi connectivity index (χ4n) is 3.06. The van der Waals surface area contributed by atoms with Crippen molar-refractivity contribution < 1.29 is 9.72 Å². The molecule has 8 heteroatoms. The van der Waals surface area contributed by atoms with Gasteiger partial charge in [0.1, 0.15) is 5.82 Å². The molecule has 0 aliphatic carbocycles. The van der Waals surface area contributed by atoms with Crippen LogP contribution in [0, 0.1) is 17.0 Å². The number of thioether (sulfide) groups is 1. The van der Waals surface area contributed by atoms with Crippen molar-refractivity contribution in [2.45, 2.75) is 18.4 Å². The van der Waals surface area contributed by atoms with Crippen molar-refractivity contribution in [3.63, 3.8) is 0 Å². The molecule has 1 aliphatic rings. The van der Waals surface area contributed by atoms with E-state index in [1.54, 1.807) is 22.5 Å². The third-order valence-electron chi connectivity index (χ3n) is 4.45. The van der Waals surface area contributed by atoms with Crippen LogP contribution in [0.25, 0.3) is 5.69 Å². The van der Waals surface area contributed by atoms with Gasteiger partial charge in [0.2, 0.25) is 0 Å². The van der Waals surface area contributed by atoms with Crippen molar-refractivity contribution in [1.29, 1.82) is 0 Å². The Labute approximate surface area is 159 Å². The highest BCUT2D eigenvalue weighted by Gasteiger charge is 2.25. The number of para-hydroxylation sites is 1. The van der Waals surface area contributed by atoms with Crippen LogP contribution in [0.1, 0.15) is 27.2 Å². The number of benzene rings is 2. The molecule has 0 saturated heterocycles.